The summed E-state index contributed by atoms with van der Waals surface area (Å²) in [7, 11) is 0. The van der Waals surface area contributed by atoms with Crippen LogP contribution in [0.4, 0.5) is 4.79 Å². The maximum Gasteiger partial charge on any atom is 0.327 e. The first-order valence-corrected chi connectivity index (χ1v) is 8.94. The second-order valence-corrected chi connectivity index (χ2v) is 7.64. The SMILES string of the molecule is C[C@@H]1C[C@H](N2C(=O)N3CCC[C@@]3(C)C2=O)CN1Cc1ccccc1. The Bertz CT molecular complexity index is 662. The molecule has 4 rings (SSSR count). The fraction of sp³-hybridized carbons (Fsp3) is 0.579. The standard InChI is InChI=1S/C19H25N3O2/c1-14-11-16(13-20(14)12-15-7-4-3-5-8-15)22-17(23)19(2)9-6-10-21(19)18(22)24/h3-5,7-8,14,16H,6,9-13H2,1-2H3/t14-,16+,19+/m1/s1. The molecule has 128 valence electrons. The molecule has 3 fully saturated rings. The topological polar surface area (TPSA) is 43.9 Å². The molecule has 3 heterocycles. The average Bonchev–Trinajstić information content (AvgIpc) is 3.17. The van der Waals surface area contributed by atoms with Gasteiger partial charge < -0.3 is 4.90 Å². The van der Waals surface area contributed by atoms with E-state index in [-0.39, 0.29) is 18.0 Å². The van der Waals surface area contributed by atoms with Crippen molar-refractivity contribution in [1.29, 1.82) is 0 Å². The fourth-order valence-electron chi connectivity index (χ4n) is 4.58. The fourth-order valence-corrected chi connectivity index (χ4v) is 4.58. The predicted octanol–water partition coefficient (Wildman–Crippen LogP) is 2.47. The lowest BCUT2D eigenvalue weighted by atomic mass is 9.98. The van der Waals surface area contributed by atoms with Crippen LogP contribution in [-0.4, -0.2) is 57.4 Å². The molecule has 24 heavy (non-hydrogen) atoms. The summed E-state index contributed by atoms with van der Waals surface area (Å²) in [4.78, 5) is 31.4. The van der Waals surface area contributed by atoms with Crippen LogP contribution >= 0.6 is 0 Å². The molecule has 0 bridgehead atoms. The van der Waals surface area contributed by atoms with Crippen LogP contribution in [0.3, 0.4) is 0 Å². The van der Waals surface area contributed by atoms with Crippen LogP contribution in [0.1, 0.15) is 38.7 Å². The van der Waals surface area contributed by atoms with E-state index in [1.165, 1.54) is 5.56 Å². The molecule has 5 nitrogen and oxygen atoms in total. The number of nitrogens with zero attached hydrogens (tertiary/aromatic N) is 3. The van der Waals surface area contributed by atoms with Crippen molar-refractivity contribution in [3.8, 4) is 0 Å². The van der Waals surface area contributed by atoms with E-state index < -0.39 is 5.54 Å². The normalized spacial score (nSPS) is 33.6. The average molecular weight is 327 g/mol. The summed E-state index contributed by atoms with van der Waals surface area (Å²) >= 11 is 0. The number of carbonyl (C=O) groups is 2. The van der Waals surface area contributed by atoms with Gasteiger partial charge in [-0.2, -0.15) is 0 Å². The maximum atomic E-state index is 12.9. The number of rotatable bonds is 3. The summed E-state index contributed by atoms with van der Waals surface area (Å²) in [6.45, 7) is 6.48. The van der Waals surface area contributed by atoms with E-state index in [0.717, 1.165) is 32.4 Å². The van der Waals surface area contributed by atoms with Gasteiger partial charge in [0.2, 0.25) is 0 Å². The van der Waals surface area contributed by atoms with Crippen molar-refractivity contribution >= 4 is 11.9 Å². The molecule has 0 spiro atoms. The number of hydrogen-bond donors (Lipinski definition) is 0. The molecule has 3 atom stereocenters. The Morgan fingerprint density at radius 3 is 2.67 bits per heavy atom. The number of carbonyl (C=O) groups excluding carboxylic acids is 2. The van der Waals surface area contributed by atoms with E-state index in [1.54, 1.807) is 9.80 Å². The highest BCUT2D eigenvalue weighted by atomic mass is 16.2. The Kier molecular flexibility index (Phi) is 3.64. The van der Waals surface area contributed by atoms with Crippen molar-refractivity contribution in [3.63, 3.8) is 0 Å². The Balaban J connectivity index is 1.50. The molecular weight excluding hydrogens is 302 g/mol. The number of likely N-dealkylation sites (tertiary alicyclic amines) is 1. The van der Waals surface area contributed by atoms with E-state index in [0.29, 0.717) is 12.6 Å². The molecule has 0 radical (unpaired) electrons. The molecule has 0 aromatic heterocycles. The van der Waals surface area contributed by atoms with Gasteiger partial charge in [-0.3, -0.25) is 14.6 Å². The smallest absolute Gasteiger partial charge is 0.310 e. The summed E-state index contributed by atoms with van der Waals surface area (Å²) in [6, 6.07) is 10.7. The first-order valence-electron chi connectivity index (χ1n) is 8.94. The second-order valence-electron chi connectivity index (χ2n) is 7.64. The van der Waals surface area contributed by atoms with Crippen molar-refractivity contribution in [2.45, 2.75) is 57.3 Å². The lowest BCUT2D eigenvalue weighted by Crippen LogP contribution is -2.45. The van der Waals surface area contributed by atoms with Gasteiger partial charge in [0, 0.05) is 25.7 Å². The molecule has 1 aromatic rings. The van der Waals surface area contributed by atoms with Crippen LogP contribution in [-0.2, 0) is 11.3 Å². The van der Waals surface area contributed by atoms with Gasteiger partial charge in [0.1, 0.15) is 5.54 Å². The van der Waals surface area contributed by atoms with E-state index in [2.05, 4.69) is 36.1 Å². The molecule has 0 unspecified atom stereocenters. The largest absolute Gasteiger partial charge is 0.327 e. The molecule has 3 amide bonds. The van der Waals surface area contributed by atoms with Crippen molar-refractivity contribution in [1.82, 2.24) is 14.7 Å². The van der Waals surface area contributed by atoms with E-state index in [9.17, 15) is 9.59 Å². The molecule has 0 aliphatic carbocycles. The Labute approximate surface area is 143 Å². The minimum absolute atomic E-state index is 0.00568. The third-order valence-electron chi connectivity index (χ3n) is 6.03. The van der Waals surface area contributed by atoms with E-state index in [4.69, 9.17) is 0 Å². The minimum atomic E-state index is -0.590. The van der Waals surface area contributed by atoms with Crippen LogP contribution in [0.15, 0.2) is 30.3 Å². The summed E-state index contributed by atoms with van der Waals surface area (Å²) in [5.41, 5.74) is 0.685. The Morgan fingerprint density at radius 1 is 1.21 bits per heavy atom. The minimum Gasteiger partial charge on any atom is -0.310 e. The van der Waals surface area contributed by atoms with Crippen LogP contribution < -0.4 is 0 Å². The number of imide groups is 1. The summed E-state index contributed by atoms with van der Waals surface area (Å²) in [5, 5.41) is 0. The van der Waals surface area contributed by atoms with Crippen molar-refractivity contribution in [3.05, 3.63) is 35.9 Å². The van der Waals surface area contributed by atoms with Gasteiger partial charge in [0.15, 0.2) is 0 Å². The summed E-state index contributed by atoms with van der Waals surface area (Å²) < 4.78 is 0. The summed E-state index contributed by atoms with van der Waals surface area (Å²) in [5.74, 6) is 0.0174. The third-order valence-corrected chi connectivity index (χ3v) is 6.03. The lowest BCUT2D eigenvalue weighted by Gasteiger charge is -2.24. The highest BCUT2D eigenvalue weighted by molar-refractivity contribution is 6.07. The molecule has 3 aliphatic heterocycles. The maximum absolute atomic E-state index is 12.9. The van der Waals surface area contributed by atoms with Gasteiger partial charge in [-0.05, 0) is 38.7 Å². The number of urea groups is 1. The zero-order valence-corrected chi connectivity index (χ0v) is 14.4. The highest BCUT2D eigenvalue weighted by Gasteiger charge is 2.58. The molecule has 3 aliphatic rings. The first-order chi connectivity index (χ1) is 11.5. The molecule has 1 aromatic carbocycles. The van der Waals surface area contributed by atoms with Crippen molar-refractivity contribution in [2.24, 2.45) is 0 Å². The number of fused-ring (bicyclic) bond motifs is 1. The van der Waals surface area contributed by atoms with E-state index in [1.807, 2.05) is 13.0 Å². The highest BCUT2D eigenvalue weighted by Crippen LogP contribution is 2.40. The summed E-state index contributed by atoms with van der Waals surface area (Å²) in [6.07, 6.45) is 2.60. The van der Waals surface area contributed by atoms with Gasteiger partial charge in [0.25, 0.3) is 5.91 Å². The van der Waals surface area contributed by atoms with Crippen LogP contribution in [0.25, 0.3) is 0 Å². The zero-order valence-electron chi connectivity index (χ0n) is 14.4. The second kappa shape index (κ2) is 5.59. The molecule has 3 saturated heterocycles. The first kappa shape index (κ1) is 15.6. The number of benzene rings is 1. The molecular formula is C19H25N3O2. The number of amides is 3. The predicted molar refractivity (Wildman–Crippen MR) is 91.3 cm³/mol. The van der Waals surface area contributed by atoms with Crippen LogP contribution in [0.2, 0.25) is 0 Å². The molecule has 0 N–H and O–H groups in total. The Hall–Kier alpha value is -1.88. The number of hydrogen-bond acceptors (Lipinski definition) is 3. The Morgan fingerprint density at radius 2 is 1.96 bits per heavy atom. The third kappa shape index (κ3) is 2.25. The zero-order chi connectivity index (χ0) is 16.9. The lowest BCUT2D eigenvalue weighted by molar-refractivity contribution is -0.133. The molecule has 5 heteroatoms. The monoisotopic (exact) mass is 327 g/mol. The van der Waals surface area contributed by atoms with Gasteiger partial charge in [-0.1, -0.05) is 30.3 Å². The van der Waals surface area contributed by atoms with Crippen LogP contribution in [0.5, 0.6) is 0 Å². The van der Waals surface area contributed by atoms with Gasteiger partial charge in [-0.25, -0.2) is 4.79 Å². The molecule has 0 saturated carbocycles. The van der Waals surface area contributed by atoms with Gasteiger partial charge in [-0.15, -0.1) is 0 Å². The quantitative estimate of drug-likeness (QED) is 0.801. The van der Waals surface area contributed by atoms with Crippen molar-refractivity contribution < 1.29 is 9.59 Å². The van der Waals surface area contributed by atoms with Gasteiger partial charge >= 0.3 is 6.03 Å². The van der Waals surface area contributed by atoms with Crippen LogP contribution in [0, 0.1) is 0 Å². The van der Waals surface area contributed by atoms with Gasteiger partial charge in [0.05, 0.1) is 6.04 Å². The van der Waals surface area contributed by atoms with E-state index >= 15 is 0 Å². The van der Waals surface area contributed by atoms with Crippen molar-refractivity contribution in [2.75, 3.05) is 13.1 Å².